The van der Waals surface area contributed by atoms with E-state index in [2.05, 4.69) is 20.1 Å². The van der Waals surface area contributed by atoms with Gasteiger partial charge in [0.1, 0.15) is 12.7 Å². The van der Waals surface area contributed by atoms with Crippen LogP contribution in [0.2, 0.25) is 0 Å². The van der Waals surface area contributed by atoms with Crippen LogP contribution in [-0.2, 0) is 19.1 Å². The monoisotopic (exact) mass is 290 g/mol. The summed E-state index contributed by atoms with van der Waals surface area (Å²) < 4.78 is 10.5. The molecule has 0 amide bonds. The van der Waals surface area contributed by atoms with Crippen LogP contribution in [0, 0.1) is 11.3 Å². The van der Waals surface area contributed by atoms with Gasteiger partial charge in [0.25, 0.3) is 0 Å². The number of fused-ring (bicyclic) bond motifs is 1. The lowest BCUT2D eigenvalue weighted by atomic mass is 9.62. The zero-order valence-corrected chi connectivity index (χ0v) is 12.9. The van der Waals surface area contributed by atoms with Crippen molar-refractivity contribution >= 4 is 11.9 Å². The zero-order valence-electron chi connectivity index (χ0n) is 12.9. The first-order valence-electron chi connectivity index (χ1n) is 7.13. The highest BCUT2D eigenvalue weighted by atomic mass is 16.5. The second-order valence-corrected chi connectivity index (χ2v) is 6.15. The van der Waals surface area contributed by atoms with Crippen molar-refractivity contribution in [3.05, 3.63) is 36.0 Å². The third-order valence-corrected chi connectivity index (χ3v) is 4.69. The molecular weight excluding hydrogens is 268 g/mol. The Morgan fingerprint density at radius 1 is 1.57 bits per heavy atom. The standard InChI is InChI=1S/C17H22O4/c1-6-17(5)8-15-13(11(3)16(19)21-15)7-14(17)10(2)9-20-12(4)18/h6,14-15H,1-2,7-9H2,3-5H3/t14-,15-,17+/m0/s1. The average Bonchev–Trinajstić information content (AvgIpc) is 2.69. The van der Waals surface area contributed by atoms with E-state index in [0.717, 1.165) is 11.1 Å². The van der Waals surface area contributed by atoms with Gasteiger partial charge in [-0.3, -0.25) is 4.79 Å². The van der Waals surface area contributed by atoms with Crippen molar-refractivity contribution < 1.29 is 19.1 Å². The molecule has 2 aliphatic rings. The Hall–Kier alpha value is -1.84. The van der Waals surface area contributed by atoms with E-state index < -0.39 is 0 Å². The number of carbonyl (C=O) groups is 2. The second kappa shape index (κ2) is 5.51. The highest BCUT2D eigenvalue weighted by molar-refractivity contribution is 5.91. The van der Waals surface area contributed by atoms with Crippen molar-refractivity contribution in [1.82, 2.24) is 0 Å². The van der Waals surface area contributed by atoms with E-state index in [1.165, 1.54) is 6.92 Å². The highest BCUT2D eigenvalue weighted by Gasteiger charge is 2.46. The summed E-state index contributed by atoms with van der Waals surface area (Å²) >= 11 is 0. The van der Waals surface area contributed by atoms with Crippen molar-refractivity contribution in [2.75, 3.05) is 6.61 Å². The summed E-state index contributed by atoms with van der Waals surface area (Å²) in [4.78, 5) is 22.7. The van der Waals surface area contributed by atoms with E-state index in [4.69, 9.17) is 9.47 Å². The Morgan fingerprint density at radius 2 is 2.24 bits per heavy atom. The molecule has 0 bridgehead atoms. The van der Waals surface area contributed by atoms with Crippen LogP contribution in [0.5, 0.6) is 0 Å². The summed E-state index contributed by atoms with van der Waals surface area (Å²) in [5.74, 6) is -0.461. The molecular formula is C17H22O4. The van der Waals surface area contributed by atoms with Crippen LogP contribution in [0.3, 0.4) is 0 Å². The number of allylic oxidation sites excluding steroid dienone is 1. The van der Waals surface area contributed by atoms with Crippen LogP contribution in [0.25, 0.3) is 0 Å². The normalized spacial score (nSPS) is 31.5. The summed E-state index contributed by atoms with van der Waals surface area (Å²) in [6.07, 6.45) is 3.14. The predicted molar refractivity (Wildman–Crippen MR) is 79.4 cm³/mol. The third kappa shape index (κ3) is 2.80. The van der Waals surface area contributed by atoms with Gasteiger partial charge in [0.2, 0.25) is 0 Å². The van der Waals surface area contributed by atoms with Crippen LogP contribution in [0.4, 0.5) is 0 Å². The average molecular weight is 290 g/mol. The van der Waals surface area contributed by atoms with Crippen LogP contribution in [0.15, 0.2) is 36.0 Å². The van der Waals surface area contributed by atoms with Crippen molar-refractivity contribution in [3.8, 4) is 0 Å². The fourth-order valence-corrected chi connectivity index (χ4v) is 3.24. The Bertz CT molecular complexity index is 543. The summed E-state index contributed by atoms with van der Waals surface area (Å²) in [7, 11) is 0. The minimum Gasteiger partial charge on any atom is -0.461 e. The van der Waals surface area contributed by atoms with Gasteiger partial charge in [-0.15, -0.1) is 6.58 Å². The maximum absolute atomic E-state index is 11.7. The molecule has 0 aromatic rings. The molecule has 2 rings (SSSR count). The Labute approximate surface area is 125 Å². The molecule has 114 valence electrons. The molecule has 0 N–H and O–H groups in total. The van der Waals surface area contributed by atoms with Crippen LogP contribution in [0.1, 0.15) is 33.6 Å². The highest BCUT2D eigenvalue weighted by Crippen LogP contribution is 2.50. The fourth-order valence-electron chi connectivity index (χ4n) is 3.24. The second-order valence-electron chi connectivity index (χ2n) is 6.15. The molecule has 21 heavy (non-hydrogen) atoms. The van der Waals surface area contributed by atoms with E-state index in [1.807, 2.05) is 6.08 Å². The Balaban J connectivity index is 2.25. The first-order chi connectivity index (χ1) is 9.78. The quantitative estimate of drug-likeness (QED) is 0.590. The van der Waals surface area contributed by atoms with Gasteiger partial charge in [0.15, 0.2) is 0 Å². The number of rotatable bonds is 4. The van der Waals surface area contributed by atoms with Crippen molar-refractivity contribution in [2.45, 2.75) is 39.7 Å². The molecule has 1 fully saturated rings. The number of ether oxygens (including phenoxy) is 2. The predicted octanol–water partition coefficient (Wildman–Crippen LogP) is 2.95. The van der Waals surface area contributed by atoms with Crippen LogP contribution < -0.4 is 0 Å². The minimum absolute atomic E-state index is 0.0880. The summed E-state index contributed by atoms with van der Waals surface area (Å²) in [5.41, 5.74) is 2.38. The van der Waals surface area contributed by atoms with Gasteiger partial charge in [-0.1, -0.05) is 19.6 Å². The van der Waals surface area contributed by atoms with Gasteiger partial charge in [0, 0.05) is 12.5 Å². The summed E-state index contributed by atoms with van der Waals surface area (Å²) in [5, 5.41) is 0. The number of esters is 2. The van der Waals surface area contributed by atoms with Crippen molar-refractivity contribution in [3.63, 3.8) is 0 Å². The Kier molecular flexibility index (Phi) is 4.08. The van der Waals surface area contributed by atoms with E-state index in [1.54, 1.807) is 6.92 Å². The fraction of sp³-hybridized carbons (Fsp3) is 0.529. The number of carbonyl (C=O) groups excluding carboxylic acids is 2. The maximum Gasteiger partial charge on any atom is 0.334 e. The van der Waals surface area contributed by atoms with Crippen LogP contribution in [-0.4, -0.2) is 24.6 Å². The molecule has 1 aliphatic heterocycles. The van der Waals surface area contributed by atoms with Gasteiger partial charge in [-0.25, -0.2) is 4.79 Å². The SMILES string of the molecule is C=C[C@]1(C)C[C@@H]2OC(=O)C(C)=C2C[C@H]1C(=C)COC(C)=O. The molecule has 3 atom stereocenters. The third-order valence-electron chi connectivity index (χ3n) is 4.69. The van der Waals surface area contributed by atoms with Crippen molar-refractivity contribution in [1.29, 1.82) is 0 Å². The maximum atomic E-state index is 11.7. The molecule has 0 unspecified atom stereocenters. The van der Waals surface area contributed by atoms with E-state index in [0.29, 0.717) is 18.4 Å². The lowest BCUT2D eigenvalue weighted by Gasteiger charge is -2.43. The number of hydrogen-bond acceptors (Lipinski definition) is 4. The van der Waals surface area contributed by atoms with E-state index >= 15 is 0 Å². The number of hydrogen-bond donors (Lipinski definition) is 0. The molecule has 0 saturated heterocycles. The topological polar surface area (TPSA) is 52.6 Å². The largest absolute Gasteiger partial charge is 0.461 e. The molecule has 1 heterocycles. The molecule has 0 spiro atoms. The van der Waals surface area contributed by atoms with E-state index in [-0.39, 0.29) is 36.0 Å². The molecule has 4 nitrogen and oxygen atoms in total. The molecule has 1 saturated carbocycles. The molecule has 0 aromatic carbocycles. The van der Waals surface area contributed by atoms with Gasteiger partial charge in [-0.2, -0.15) is 0 Å². The molecule has 0 radical (unpaired) electrons. The van der Waals surface area contributed by atoms with Gasteiger partial charge in [0.05, 0.1) is 0 Å². The summed E-state index contributed by atoms with van der Waals surface area (Å²) in [6.45, 7) is 13.5. The minimum atomic E-state index is -0.320. The smallest absolute Gasteiger partial charge is 0.334 e. The van der Waals surface area contributed by atoms with Gasteiger partial charge < -0.3 is 9.47 Å². The first-order valence-corrected chi connectivity index (χ1v) is 7.13. The zero-order chi connectivity index (χ0) is 15.8. The lowest BCUT2D eigenvalue weighted by molar-refractivity contribution is -0.142. The lowest BCUT2D eigenvalue weighted by Crippen LogP contribution is -2.38. The molecule has 0 aromatic heterocycles. The van der Waals surface area contributed by atoms with E-state index in [9.17, 15) is 9.59 Å². The first kappa shape index (κ1) is 15.5. The van der Waals surface area contributed by atoms with Gasteiger partial charge >= 0.3 is 11.9 Å². The summed E-state index contributed by atoms with van der Waals surface area (Å²) in [6, 6.07) is 0. The Morgan fingerprint density at radius 3 is 2.81 bits per heavy atom. The molecule has 1 aliphatic carbocycles. The van der Waals surface area contributed by atoms with Crippen LogP contribution >= 0.6 is 0 Å². The molecule has 4 heteroatoms. The van der Waals surface area contributed by atoms with Gasteiger partial charge in [-0.05, 0) is 42.2 Å². The van der Waals surface area contributed by atoms with Crippen molar-refractivity contribution in [2.24, 2.45) is 11.3 Å².